The molecule has 1 rings (SSSR count). The van der Waals surface area contributed by atoms with Crippen LogP contribution in [0.1, 0.15) is 105 Å². The molecule has 0 radical (unpaired) electrons. The number of nitrogens with one attached hydrogen (secondary N) is 2. The molecule has 1 aliphatic carbocycles. The summed E-state index contributed by atoms with van der Waals surface area (Å²) in [6.45, 7) is 8.25. The van der Waals surface area contributed by atoms with E-state index in [1.165, 1.54) is 19.3 Å². The van der Waals surface area contributed by atoms with Crippen LogP contribution in [-0.4, -0.2) is 47.7 Å². The van der Waals surface area contributed by atoms with Crippen LogP contribution in [0.4, 0.5) is 0 Å². The summed E-state index contributed by atoms with van der Waals surface area (Å²) < 4.78 is 0. The molecule has 36 heavy (non-hydrogen) atoms. The second-order valence-corrected chi connectivity index (χ2v) is 11.1. The Morgan fingerprint density at radius 3 is 2.14 bits per heavy atom. The van der Waals surface area contributed by atoms with E-state index in [1.807, 2.05) is 20.8 Å². The Morgan fingerprint density at radius 2 is 1.61 bits per heavy atom. The van der Waals surface area contributed by atoms with Gasteiger partial charge in [0.05, 0.1) is 0 Å². The summed E-state index contributed by atoms with van der Waals surface area (Å²) in [7, 11) is 0. The van der Waals surface area contributed by atoms with Gasteiger partial charge in [-0.25, -0.2) is 0 Å². The number of unbranched alkanes of at least 4 members (excludes halogenated alkanes) is 1. The Morgan fingerprint density at radius 1 is 0.972 bits per heavy atom. The molecular formula is C27H51N5O4. The SMILES string of the molecule is CCC[C@H](NC(=O)[C@@](N)(CCCCN)C(=O)C[C@@H](C)C1CCCCC1)C(=O)N[C@@H](CC(C)C)C(N)=O. The lowest BCUT2D eigenvalue weighted by atomic mass is 9.75. The molecule has 1 fully saturated rings. The Bertz CT molecular complexity index is 723. The zero-order valence-electron chi connectivity index (χ0n) is 22.9. The molecule has 8 N–H and O–H groups in total. The first-order valence-corrected chi connectivity index (χ1v) is 13.9. The van der Waals surface area contributed by atoms with Crippen molar-refractivity contribution in [3.8, 4) is 0 Å². The van der Waals surface area contributed by atoms with Gasteiger partial charge in [-0.05, 0) is 56.4 Å². The third-order valence-corrected chi connectivity index (χ3v) is 7.46. The Hall–Kier alpha value is -2.00. The predicted molar refractivity (Wildman–Crippen MR) is 143 cm³/mol. The number of hydrogen-bond acceptors (Lipinski definition) is 6. The first-order chi connectivity index (χ1) is 17.0. The Labute approximate surface area is 217 Å². The number of amides is 3. The molecule has 0 bridgehead atoms. The van der Waals surface area contributed by atoms with E-state index in [0.29, 0.717) is 44.6 Å². The van der Waals surface area contributed by atoms with Gasteiger partial charge in [0.25, 0.3) is 0 Å². The zero-order chi connectivity index (χ0) is 27.3. The predicted octanol–water partition coefficient (Wildman–Crippen LogP) is 2.29. The quantitative estimate of drug-likeness (QED) is 0.149. The molecule has 0 unspecified atom stereocenters. The molecule has 0 heterocycles. The molecular weight excluding hydrogens is 458 g/mol. The largest absolute Gasteiger partial charge is 0.368 e. The van der Waals surface area contributed by atoms with Crippen LogP contribution in [0.2, 0.25) is 0 Å². The van der Waals surface area contributed by atoms with Gasteiger partial charge in [-0.3, -0.25) is 19.2 Å². The molecule has 0 aromatic heterocycles. The average Bonchev–Trinajstić information content (AvgIpc) is 2.83. The minimum Gasteiger partial charge on any atom is -0.368 e. The smallest absolute Gasteiger partial charge is 0.248 e. The van der Waals surface area contributed by atoms with Gasteiger partial charge >= 0.3 is 0 Å². The van der Waals surface area contributed by atoms with Crippen molar-refractivity contribution in [1.29, 1.82) is 0 Å². The molecule has 1 saturated carbocycles. The van der Waals surface area contributed by atoms with E-state index in [9.17, 15) is 19.2 Å². The normalized spacial score (nSPS) is 18.6. The molecule has 0 aliphatic heterocycles. The highest BCUT2D eigenvalue weighted by Crippen LogP contribution is 2.33. The number of ketones is 1. The fourth-order valence-electron chi connectivity index (χ4n) is 5.11. The highest BCUT2D eigenvalue weighted by molar-refractivity contribution is 6.11. The fraction of sp³-hybridized carbons (Fsp3) is 0.852. The highest BCUT2D eigenvalue weighted by Gasteiger charge is 2.43. The highest BCUT2D eigenvalue weighted by atomic mass is 16.2. The van der Waals surface area contributed by atoms with Crippen molar-refractivity contribution in [2.24, 2.45) is 35.0 Å². The summed E-state index contributed by atoms with van der Waals surface area (Å²) in [6.07, 6.45) is 8.71. The lowest BCUT2D eigenvalue weighted by molar-refractivity contribution is -0.139. The lowest BCUT2D eigenvalue weighted by Gasteiger charge is -2.33. The molecule has 3 amide bonds. The monoisotopic (exact) mass is 509 g/mol. The van der Waals surface area contributed by atoms with E-state index >= 15 is 0 Å². The minimum atomic E-state index is -1.73. The van der Waals surface area contributed by atoms with Crippen LogP contribution in [0.15, 0.2) is 0 Å². The van der Waals surface area contributed by atoms with Crippen molar-refractivity contribution in [3.63, 3.8) is 0 Å². The molecule has 0 aromatic rings. The first-order valence-electron chi connectivity index (χ1n) is 13.9. The van der Waals surface area contributed by atoms with E-state index in [2.05, 4.69) is 17.6 Å². The third-order valence-electron chi connectivity index (χ3n) is 7.46. The standard InChI is InChI=1S/C27H51N5O4/c1-5-11-21(25(35)31-22(24(29)34)16-18(2)3)32-26(36)27(30,14-9-10-15-28)23(33)17-19(4)20-12-7-6-8-13-20/h18-22H,5-17,28,30H2,1-4H3,(H2,29,34)(H,31,35)(H,32,36)/t19-,21+,22+,27-/m1/s1. The number of Topliss-reactive ketones (excluding diaryl/α,β-unsaturated/α-hetero) is 1. The van der Waals surface area contributed by atoms with Crippen molar-refractivity contribution in [2.75, 3.05) is 6.54 Å². The molecule has 208 valence electrons. The van der Waals surface area contributed by atoms with E-state index in [0.717, 1.165) is 12.8 Å². The van der Waals surface area contributed by atoms with Gasteiger partial charge in [-0.2, -0.15) is 0 Å². The number of carbonyl (C=O) groups excluding carboxylic acids is 4. The van der Waals surface area contributed by atoms with E-state index < -0.39 is 35.3 Å². The van der Waals surface area contributed by atoms with E-state index in [-0.39, 0.29) is 30.5 Å². The van der Waals surface area contributed by atoms with Crippen molar-refractivity contribution in [2.45, 2.75) is 122 Å². The topological polar surface area (TPSA) is 170 Å². The Balaban J connectivity index is 3.02. The number of carbonyl (C=O) groups is 4. The van der Waals surface area contributed by atoms with Crippen molar-refractivity contribution < 1.29 is 19.2 Å². The second kappa shape index (κ2) is 16.0. The number of rotatable bonds is 17. The maximum atomic E-state index is 13.5. The van der Waals surface area contributed by atoms with Crippen LogP contribution >= 0.6 is 0 Å². The van der Waals surface area contributed by atoms with E-state index in [4.69, 9.17) is 17.2 Å². The van der Waals surface area contributed by atoms with Gasteiger partial charge in [0, 0.05) is 6.42 Å². The number of primary amides is 1. The van der Waals surface area contributed by atoms with Crippen LogP contribution in [0.5, 0.6) is 0 Å². The van der Waals surface area contributed by atoms with Crippen LogP contribution < -0.4 is 27.8 Å². The Kier molecular flexibility index (Phi) is 14.2. The van der Waals surface area contributed by atoms with Gasteiger partial charge in [-0.1, -0.05) is 66.2 Å². The lowest BCUT2D eigenvalue weighted by Crippen LogP contribution is -2.63. The van der Waals surface area contributed by atoms with Gasteiger partial charge in [0.15, 0.2) is 11.3 Å². The zero-order valence-corrected chi connectivity index (χ0v) is 22.9. The fourth-order valence-corrected chi connectivity index (χ4v) is 5.11. The summed E-state index contributed by atoms with van der Waals surface area (Å²) in [5.74, 6) is -1.31. The van der Waals surface area contributed by atoms with Crippen molar-refractivity contribution >= 4 is 23.5 Å². The number of hydrogen-bond donors (Lipinski definition) is 5. The number of nitrogens with two attached hydrogens (primary N) is 3. The second-order valence-electron chi connectivity index (χ2n) is 11.1. The van der Waals surface area contributed by atoms with Gasteiger partial charge in [-0.15, -0.1) is 0 Å². The average molecular weight is 510 g/mol. The first kappa shape index (κ1) is 32.0. The third kappa shape index (κ3) is 10.2. The molecule has 9 nitrogen and oxygen atoms in total. The molecule has 0 aromatic carbocycles. The molecule has 0 spiro atoms. The summed E-state index contributed by atoms with van der Waals surface area (Å²) in [5.41, 5.74) is 15.9. The summed E-state index contributed by atoms with van der Waals surface area (Å²) in [4.78, 5) is 51.8. The maximum Gasteiger partial charge on any atom is 0.248 e. The summed E-state index contributed by atoms with van der Waals surface area (Å²) in [6, 6.07) is -1.75. The molecule has 4 atom stereocenters. The van der Waals surface area contributed by atoms with Crippen LogP contribution in [0.25, 0.3) is 0 Å². The van der Waals surface area contributed by atoms with Crippen LogP contribution in [-0.2, 0) is 19.2 Å². The van der Waals surface area contributed by atoms with E-state index in [1.54, 1.807) is 0 Å². The van der Waals surface area contributed by atoms with Crippen LogP contribution in [0.3, 0.4) is 0 Å². The molecule has 1 aliphatic rings. The van der Waals surface area contributed by atoms with Gasteiger partial charge in [0.2, 0.25) is 17.7 Å². The maximum absolute atomic E-state index is 13.5. The van der Waals surface area contributed by atoms with Crippen molar-refractivity contribution in [1.82, 2.24) is 10.6 Å². The van der Waals surface area contributed by atoms with Crippen LogP contribution in [0, 0.1) is 17.8 Å². The van der Waals surface area contributed by atoms with Gasteiger partial charge in [0.1, 0.15) is 12.1 Å². The minimum absolute atomic E-state index is 0.144. The molecule has 9 heteroatoms. The summed E-state index contributed by atoms with van der Waals surface area (Å²) in [5, 5.41) is 5.41. The molecule has 0 saturated heterocycles. The van der Waals surface area contributed by atoms with Gasteiger partial charge < -0.3 is 27.8 Å². The summed E-state index contributed by atoms with van der Waals surface area (Å²) >= 11 is 0. The van der Waals surface area contributed by atoms with Crippen molar-refractivity contribution in [3.05, 3.63) is 0 Å².